The van der Waals surface area contributed by atoms with E-state index in [-0.39, 0.29) is 29.3 Å². The number of nitro benzene ring substituents is 1. The SMILES string of the molecule is CC(Cl)=CCn1c(NN=C(C)c2ccc([N+](=O)[O-])cc2)nc2c1c(=O)[nH]c(=O)n2C. The highest BCUT2D eigenvalue weighted by Gasteiger charge is 2.16. The van der Waals surface area contributed by atoms with Crippen molar-refractivity contribution >= 4 is 40.1 Å². The molecule has 0 bridgehead atoms. The molecule has 2 aromatic heterocycles. The van der Waals surface area contributed by atoms with Crippen molar-refractivity contribution in [2.24, 2.45) is 12.1 Å². The third-order valence-electron chi connectivity index (χ3n) is 4.38. The van der Waals surface area contributed by atoms with Gasteiger partial charge in [0.1, 0.15) is 0 Å². The lowest BCUT2D eigenvalue weighted by Crippen LogP contribution is -2.29. The summed E-state index contributed by atoms with van der Waals surface area (Å²) in [6.07, 6.45) is 1.69. The van der Waals surface area contributed by atoms with E-state index < -0.39 is 16.2 Å². The van der Waals surface area contributed by atoms with E-state index in [1.807, 2.05) is 0 Å². The molecule has 2 heterocycles. The Bertz CT molecular complexity index is 1300. The number of anilines is 1. The lowest BCUT2D eigenvalue weighted by Gasteiger charge is -2.07. The summed E-state index contributed by atoms with van der Waals surface area (Å²) >= 11 is 5.93. The third-order valence-corrected chi connectivity index (χ3v) is 4.54. The van der Waals surface area contributed by atoms with E-state index in [0.29, 0.717) is 16.3 Å². The summed E-state index contributed by atoms with van der Waals surface area (Å²) in [4.78, 5) is 41.2. The molecule has 12 heteroatoms. The van der Waals surface area contributed by atoms with E-state index >= 15 is 0 Å². The predicted octanol–water partition coefficient (Wildman–Crippen LogP) is 2.31. The molecular formula is C18H18ClN7O4. The van der Waals surface area contributed by atoms with Crippen LogP contribution >= 0.6 is 11.6 Å². The third kappa shape index (κ3) is 4.15. The molecule has 30 heavy (non-hydrogen) atoms. The summed E-state index contributed by atoms with van der Waals surface area (Å²) in [7, 11) is 1.50. The van der Waals surface area contributed by atoms with Crippen LogP contribution in [0.4, 0.5) is 11.6 Å². The number of nitrogens with one attached hydrogen (secondary N) is 2. The van der Waals surface area contributed by atoms with Crippen molar-refractivity contribution in [1.29, 1.82) is 0 Å². The number of aromatic amines is 1. The number of H-pyrrole nitrogens is 1. The number of allylic oxidation sites excluding steroid dienone is 2. The number of hydrogen-bond donors (Lipinski definition) is 2. The van der Waals surface area contributed by atoms with Crippen LogP contribution in [0.15, 0.2) is 50.1 Å². The van der Waals surface area contributed by atoms with Gasteiger partial charge in [0.25, 0.3) is 11.2 Å². The molecule has 0 spiro atoms. The second-order valence-electron chi connectivity index (χ2n) is 6.44. The Kier molecular flexibility index (Phi) is 5.83. The number of aromatic nitrogens is 4. The number of hydrazone groups is 1. The second-order valence-corrected chi connectivity index (χ2v) is 7.04. The van der Waals surface area contributed by atoms with E-state index in [1.165, 1.54) is 23.7 Å². The molecule has 156 valence electrons. The van der Waals surface area contributed by atoms with Crippen LogP contribution in [0.1, 0.15) is 19.4 Å². The van der Waals surface area contributed by atoms with Gasteiger partial charge in [0.2, 0.25) is 5.95 Å². The zero-order valence-electron chi connectivity index (χ0n) is 16.3. The molecule has 1 aromatic carbocycles. The molecule has 0 aliphatic rings. The number of imidazole rings is 1. The number of nitrogens with zero attached hydrogens (tertiary/aromatic N) is 5. The van der Waals surface area contributed by atoms with Crippen molar-refractivity contribution in [1.82, 2.24) is 19.1 Å². The van der Waals surface area contributed by atoms with Crippen LogP contribution in [0, 0.1) is 10.1 Å². The van der Waals surface area contributed by atoms with Crippen molar-refractivity contribution in [3.8, 4) is 0 Å². The zero-order chi connectivity index (χ0) is 22.0. The standard InChI is InChI=1S/C18H18ClN7O4/c1-10(19)8-9-25-14-15(24(3)18(28)21-16(14)27)20-17(25)23-22-11(2)12-4-6-13(7-5-12)26(29)30/h4-8H,9H2,1-3H3,(H,20,23)(H,21,27,28). The molecule has 0 aliphatic heterocycles. The molecular weight excluding hydrogens is 414 g/mol. The number of non-ortho nitro benzene ring substituents is 1. The van der Waals surface area contributed by atoms with Gasteiger partial charge in [-0.25, -0.2) is 10.2 Å². The van der Waals surface area contributed by atoms with Gasteiger partial charge in [0, 0.05) is 30.8 Å². The second kappa shape index (κ2) is 8.33. The fraction of sp³-hybridized carbons (Fsp3) is 0.222. The maximum absolute atomic E-state index is 12.4. The summed E-state index contributed by atoms with van der Waals surface area (Å²) in [5, 5.41) is 15.6. The quantitative estimate of drug-likeness (QED) is 0.348. The molecule has 0 fully saturated rings. The molecule has 0 radical (unpaired) electrons. The summed E-state index contributed by atoms with van der Waals surface area (Å²) in [5.74, 6) is 0.229. The number of benzene rings is 1. The molecule has 0 aliphatic carbocycles. The number of fused-ring (bicyclic) bond motifs is 1. The fourth-order valence-electron chi connectivity index (χ4n) is 2.74. The van der Waals surface area contributed by atoms with Crippen LogP contribution in [-0.2, 0) is 13.6 Å². The lowest BCUT2D eigenvalue weighted by atomic mass is 10.1. The van der Waals surface area contributed by atoms with Gasteiger partial charge in [0.05, 0.1) is 10.6 Å². The van der Waals surface area contributed by atoms with Crippen LogP contribution in [0.3, 0.4) is 0 Å². The predicted molar refractivity (Wildman–Crippen MR) is 114 cm³/mol. The van der Waals surface area contributed by atoms with Gasteiger partial charge in [-0.2, -0.15) is 10.1 Å². The molecule has 0 unspecified atom stereocenters. The van der Waals surface area contributed by atoms with E-state index in [0.717, 1.165) is 0 Å². The van der Waals surface area contributed by atoms with Crippen LogP contribution in [0.5, 0.6) is 0 Å². The van der Waals surface area contributed by atoms with Crippen molar-refractivity contribution < 1.29 is 4.92 Å². The number of rotatable bonds is 6. The molecule has 3 aromatic rings. The minimum atomic E-state index is -0.585. The van der Waals surface area contributed by atoms with Gasteiger partial charge in [0.15, 0.2) is 11.2 Å². The van der Waals surface area contributed by atoms with Gasteiger partial charge in [-0.15, -0.1) is 0 Å². The first kappa shape index (κ1) is 21.0. The Morgan fingerprint density at radius 2 is 2.00 bits per heavy atom. The first-order valence-electron chi connectivity index (χ1n) is 8.76. The zero-order valence-corrected chi connectivity index (χ0v) is 17.1. The Labute approximate surface area is 174 Å². The molecule has 11 nitrogen and oxygen atoms in total. The average Bonchev–Trinajstić information content (AvgIpc) is 3.08. The van der Waals surface area contributed by atoms with Crippen molar-refractivity contribution in [2.75, 3.05) is 5.43 Å². The lowest BCUT2D eigenvalue weighted by molar-refractivity contribution is -0.384. The number of aryl methyl sites for hydroxylation is 1. The Morgan fingerprint density at radius 1 is 1.33 bits per heavy atom. The number of halogens is 1. The smallest absolute Gasteiger partial charge is 0.299 e. The Balaban J connectivity index is 2.04. The molecule has 2 N–H and O–H groups in total. The van der Waals surface area contributed by atoms with E-state index in [9.17, 15) is 19.7 Å². The molecule has 0 amide bonds. The summed E-state index contributed by atoms with van der Waals surface area (Å²) < 4.78 is 2.77. The summed E-state index contributed by atoms with van der Waals surface area (Å²) in [5.41, 5.74) is 3.20. The highest BCUT2D eigenvalue weighted by atomic mass is 35.5. The maximum atomic E-state index is 12.4. The topological polar surface area (TPSA) is 140 Å². The average molecular weight is 432 g/mol. The van der Waals surface area contributed by atoms with E-state index in [4.69, 9.17) is 11.6 Å². The van der Waals surface area contributed by atoms with Gasteiger partial charge in [-0.05, 0) is 31.5 Å². The van der Waals surface area contributed by atoms with Gasteiger partial charge in [-0.3, -0.25) is 29.0 Å². The van der Waals surface area contributed by atoms with Crippen LogP contribution < -0.4 is 16.7 Å². The van der Waals surface area contributed by atoms with Crippen molar-refractivity contribution in [2.45, 2.75) is 20.4 Å². The highest BCUT2D eigenvalue weighted by Crippen LogP contribution is 2.17. The highest BCUT2D eigenvalue weighted by molar-refractivity contribution is 6.29. The van der Waals surface area contributed by atoms with Gasteiger partial charge in [-0.1, -0.05) is 17.7 Å². The van der Waals surface area contributed by atoms with Crippen molar-refractivity contribution in [3.63, 3.8) is 0 Å². The molecule has 3 rings (SSSR count). The van der Waals surface area contributed by atoms with Crippen LogP contribution in [-0.4, -0.2) is 29.7 Å². The minimum absolute atomic E-state index is 0.0234. The maximum Gasteiger partial charge on any atom is 0.329 e. The van der Waals surface area contributed by atoms with Crippen LogP contribution in [0.25, 0.3) is 11.2 Å². The normalized spacial score (nSPS) is 12.4. The van der Waals surface area contributed by atoms with Crippen molar-refractivity contribution in [3.05, 3.63) is 71.9 Å². The first-order valence-corrected chi connectivity index (χ1v) is 9.13. The first-order chi connectivity index (χ1) is 14.2. The van der Waals surface area contributed by atoms with E-state index in [2.05, 4.69) is 20.5 Å². The Morgan fingerprint density at radius 3 is 2.60 bits per heavy atom. The summed E-state index contributed by atoms with van der Waals surface area (Å²) in [6, 6.07) is 5.92. The summed E-state index contributed by atoms with van der Waals surface area (Å²) in [6.45, 7) is 3.64. The van der Waals surface area contributed by atoms with Gasteiger partial charge >= 0.3 is 5.69 Å². The molecule has 0 saturated carbocycles. The largest absolute Gasteiger partial charge is 0.329 e. The Hall–Kier alpha value is -3.73. The minimum Gasteiger partial charge on any atom is -0.299 e. The monoisotopic (exact) mass is 431 g/mol. The van der Waals surface area contributed by atoms with E-state index in [1.54, 1.807) is 36.6 Å². The fourth-order valence-corrected chi connectivity index (χ4v) is 2.81. The molecule has 0 atom stereocenters. The number of hydrogen-bond acceptors (Lipinski definition) is 7. The number of nitro groups is 1. The van der Waals surface area contributed by atoms with Crippen LogP contribution in [0.2, 0.25) is 0 Å². The van der Waals surface area contributed by atoms with Gasteiger partial charge < -0.3 is 0 Å². The molecule has 0 saturated heterocycles.